The van der Waals surface area contributed by atoms with Gasteiger partial charge in [-0.1, -0.05) is 12.1 Å². The molecular formula is C18H25N3O3S. The minimum absolute atomic E-state index is 0.107. The molecule has 2 heterocycles. The number of hydrogen-bond donors (Lipinski definition) is 0. The maximum absolute atomic E-state index is 13.1. The third-order valence-electron chi connectivity index (χ3n) is 4.35. The molecule has 0 bridgehead atoms. The first-order valence-corrected chi connectivity index (χ1v) is 10.0. The molecule has 1 aliphatic rings. The van der Waals surface area contributed by atoms with Crippen LogP contribution in [0.5, 0.6) is 0 Å². The highest BCUT2D eigenvalue weighted by Gasteiger charge is 2.29. The van der Waals surface area contributed by atoms with E-state index in [0.717, 1.165) is 29.9 Å². The Hall–Kier alpha value is -1.70. The average Bonchev–Trinajstić information content (AvgIpc) is 2.80. The van der Waals surface area contributed by atoms with Crippen LogP contribution in [0.25, 0.3) is 0 Å². The third kappa shape index (κ3) is 3.94. The van der Waals surface area contributed by atoms with Crippen molar-refractivity contribution in [2.45, 2.75) is 57.9 Å². The Morgan fingerprint density at radius 1 is 1.28 bits per heavy atom. The number of hydrogen-bond acceptors (Lipinski definition) is 4. The van der Waals surface area contributed by atoms with Gasteiger partial charge in [0.1, 0.15) is 0 Å². The van der Waals surface area contributed by atoms with Gasteiger partial charge in [-0.15, -0.1) is 0 Å². The average molecular weight is 363 g/mol. The lowest BCUT2D eigenvalue weighted by molar-refractivity contribution is 0.0631. The molecule has 3 rings (SSSR count). The van der Waals surface area contributed by atoms with Gasteiger partial charge in [0.15, 0.2) is 0 Å². The molecule has 0 spiro atoms. The number of ether oxygens (including phenoxy) is 1. The molecule has 1 aromatic carbocycles. The molecule has 1 aliphatic heterocycles. The lowest BCUT2D eigenvalue weighted by Crippen LogP contribution is -2.31. The predicted molar refractivity (Wildman–Crippen MR) is 95.5 cm³/mol. The standard InChI is InChI=1S/C18H25N3O3S/c1-14(2)24-12-17-18-11-21(9-5-8-20(18)13-19-17)25(22,23)16-7-4-6-15(3)10-16/h4,6-7,10,13-14H,5,8-9,11-12H2,1-3H3. The topological polar surface area (TPSA) is 64.4 Å². The van der Waals surface area contributed by atoms with Crippen LogP contribution in [-0.2, 0) is 34.5 Å². The maximum atomic E-state index is 13.1. The first-order chi connectivity index (χ1) is 11.9. The number of aromatic nitrogens is 2. The van der Waals surface area contributed by atoms with Crippen molar-refractivity contribution in [2.75, 3.05) is 6.54 Å². The van der Waals surface area contributed by atoms with Crippen LogP contribution in [0.15, 0.2) is 35.5 Å². The van der Waals surface area contributed by atoms with E-state index in [2.05, 4.69) is 4.98 Å². The van der Waals surface area contributed by atoms with Gasteiger partial charge in [-0.25, -0.2) is 13.4 Å². The summed E-state index contributed by atoms with van der Waals surface area (Å²) in [5.41, 5.74) is 2.68. The van der Waals surface area contributed by atoms with E-state index >= 15 is 0 Å². The SMILES string of the molecule is Cc1cccc(S(=O)(=O)N2CCCn3cnc(COC(C)C)c3C2)c1. The van der Waals surface area contributed by atoms with Crippen LogP contribution in [0.1, 0.15) is 37.2 Å². The van der Waals surface area contributed by atoms with E-state index in [0.29, 0.717) is 24.6 Å². The summed E-state index contributed by atoms with van der Waals surface area (Å²) in [5, 5.41) is 0. The van der Waals surface area contributed by atoms with E-state index in [1.165, 1.54) is 0 Å². The molecule has 0 aliphatic carbocycles. The molecule has 1 aromatic heterocycles. The number of nitrogens with zero attached hydrogens (tertiary/aromatic N) is 3. The van der Waals surface area contributed by atoms with E-state index in [1.54, 1.807) is 28.8 Å². The first-order valence-electron chi connectivity index (χ1n) is 8.59. The van der Waals surface area contributed by atoms with Gasteiger partial charge in [0.05, 0.1) is 41.9 Å². The third-order valence-corrected chi connectivity index (χ3v) is 6.19. The summed E-state index contributed by atoms with van der Waals surface area (Å²) in [6.45, 7) is 7.85. The summed E-state index contributed by atoms with van der Waals surface area (Å²) >= 11 is 0. The van der Waals surface area contributed by atoms with Crippen molar-refractivity contribution < 1.29 is 13.2 Å². The van der Waals surface area contributed by atoms with Crippen LogP contribution >= 0.6 is 0 Å². The number of aryl methyl sites for hydroxylation is 2. The number of benzene rings is 1. The van der Waals surface area contributed by atoms with Gasteiger partial charge in [0, 0.05) is 13.1 Å². The van der Waals surface area contributed by atoms with Crippen molar-refractivity contribution in [3.8, 4) is 0 Å². The summed E-state index contributed by atoms with van der Waals surface area (Å²) in [6, 6.07) is 7.07. The maximum Gasteiger partial charge on any atom is 0.243 e. The summed E-state index contributed by atoms with van der Waals surface area (Å²) in [7, 11) is -3.53. The summed E-state index contributed by atoms with van der Waals surface area (Å²) in [5.74, 6) is 0. The van der Waals surface area contributed by atoms with Crippen LogP contribution in [0.2, 0.25) is 0 Å². The normalized spacial score (nSPS) is 16.0. The highest BCUT2D eigenvalue weighted by molar-refractivity contribution is 7.89. The second-order valence-corrected chi connectivity index (χ2v) is 8.64. The molecule has 0 amide bonds. The Bertz CT molecular complexity index is 843. The lowest BCUT2D eigenvalue weighted by Gasteiger charge is -2.20. The second kappa shape index (κ2) is 7.27. The fourth-order valence-corrected chi connectivity index (χ4v) is 4.53. The van der Waals surface area contributed by atoms with Crippen molar-refractivity contribution in [3.63, 3.8) is 0 Å². The number of fused-ring (bicyclic) bond motifs is 1. The van der Waals surface area contributed by atoms with Crippen LogP contribution in [-0.4, -0.2) is 34.9 Å². The van der Waals surface area contributed by atoms with Crippen LogP contribution in [0.4, 0.5) is 0 Å². The summed E-state index contributed by atoms with van der Waals surface area (Å²) in [4.78, 5) is 4.78. The minimum Gasteiger partial charge on any atom is -0.372 e. The highest BCUT2D eigenvalue weighted by Crippen LogP contribution is 2.24. The molecule has 0 radical (unpaired) electrons. The Morgan fingerprint density at radius 3 is 2.80 bits per heavy atom. The second-order valence-electron chi connectivity index (χ2n) is 6.70. The zero-order valence-electron chi connectivity index (χ0n) is 15.0. The van der Waals surface area contributed by atoms with Crippen LogP contribution < -0.4 is 0 Å². The van der Waals surface area contributed by atoms with Crippen molar-refractivity contribution in [1.82, 2.24) is 13.9 Å². The molecule has 0 N–H and O–H groups in total. The zero-order valence-corrected chi connectivity index (χ0v) is 15.8. The van der Waals surface area contributed by atoms with Gasteiger partial charge in [0.25, 0.3) is 0 Å². The zero-order chi connectivity index (χ0) is 18.0. The number of imidazole rings is 1. The Kier molecular flexibility index (Phi) is 5.27. The number of sulfonamides is 1. The monoisotopic (exact) mass is 363 g/mol. The van der Waals surface area contributed by atoms with E-state index in [4.69, 9.17) is 4.74 Å². The van der Waals surface area contributed by atoms with Gasteiger partial charge >= 0.3 is 0 Å². The minimum atomic E-state index is -3.53. The molecule has 0 saturated carbocycles. The summed E-state index contributed by atoms with van der Waals surface area (Å²) in [6.07, 6.45) is 2.66. The van der Waals surface area contributed by atoms with Gasteiger partial charge in [0.2, 0.25) is 10.0 Å². The van der Waals surface area contributed by atoms with Crippen LogP contribution in [0, 0.1) is 6.92 Å². The first kappa shape index (κ1) is 18.1. The molecule has 136 valence electrons. The van der Waals surface area contributed by atoms with Crippen LogP contribution in [0.3, 0.4) is 0 Å². The fourth-order valence-electron chi connectivity index (χ4n) is 2.98. The molecule has 0 fully saturated rings. The van der Waals surface area contributed by atoms with E-state index in [1.807, 2.05) is 31.4 Å². The van der Waals surface area contributed by atoms with E-state index < -0.39 is 10.0 Å². The van der Waals surface area contributed by atoms with E-state index in [9.17, 15) is 8.42 Å². The predicted octanol–water partition coefficient (Wildman–Crippen LogP) is 2.71. The van der Waals surface area contributed by atoms with Crippen molar-refractivity contribution in [3.05, 3.63) is 47.5 Å². The smallest absolute Gasteiger partial charge is 0.243 e. The van der Waals surface area contributed by atoms with E-state index in [-0.39, 0.29) is 6.10 Å². The lowest BCUT2D eigenvalue weighted by atomic mass is 10.2. The largest absolute Gasteiger partial charge is 0.372 e. The quantitative estimate of drug-likeness (QED) is 0.819. The highest BCUT2D eigenvalue weighted by atomic mass is 32.2. The number of rotatable bonds is 5. The van der Waals surface area contributed by atoms with Gasteiger partial charge in [-0.05, 0) is 44.9 Å². The van der Waals surface area contributed by atoms with Crippen molar-refractivity contribution >= 4 is 10.0 Å². The van der Waals surface area contributed by atoms with Crippen molar-refractivity contribution in [1.29, 1.82) is 0 Å². The fraction of sp³-hybridized carbons (Fsp3) is 0.500. The van der Waals surface area contributed by atoms with Gasteiger partial charge in [-0.3, -0.25) is 0 Å². The Morgan fingerprint density at radius 2 is 2.08 bits per heavy atom. The molecule has 0 atom stereocenters. The molecule has 0 unspecified atom stereocenters. The molecule has 7 heteroatoms. The molecule has 2 aromatic rings. The Labute approximate surface area is 149 Å². The summed E-state index contributed by atoms with van der Waals surface area (Å²) < 4.78 is 35.4. The molecule has 6 nitrogen and oxygen atoms in total. The van der Waals surface area contributed by atoms with Gasteiger partial charge < -0.3 is 9.30 Å². The van der Waals surface area contributed by atoms with Crippen molar-refractivity contribution in [2.24, 2.45) is 0 Å². The molecule has 25 heavy (non-hydrogen) atoms. The van der Waals surface area contributed by atoms with Gasteiger partial charge in [-0.2, -0.15) is 4.31 Å². The molecule has 0 saturated heterocycles. The molecular weight excluding hydrogens is 338 g/mol. The Balaban J connectivity index is 1.89.